The van der Waals surface area contributed by atoms with Crippen LogP contribution in [-0.2, 0) is 6.42 Å². The van der Waals surface area contributed by atoms with E-state index in [4.69, 9.17) is 10.8 Å². The van der Waals surface area contributed by atoms with Crippen LogP contribution >= 0.6 is 0 Å². The average molecular weight is 273 g/mol. The molecule has 0 amide bonds. The van der Waals surface area contributed by atoms with Gasteiger partial charge in [-0.1, -0.05) is 26.3 Å². The Kier molecular flexibility index (Phi) is 3.83. The van der Waals surface area contributed by atoms with Crippen LogP contribution in [0.3, 0.4) is 0 Å². The van der Waals surface area contributed by atoms with Gasteiger partial charge in [0.05, 0.1) is 0 Å². The Morgan fingerprint density at radius 1 is 1.35 bits per heavy atom. The summed E-state index contributed by atoms with van der Waals surface area (Å²) in [4.78, 5) is 4.69. The molecule has 20 heavy (non-hydrogen) atoms. The molecule has 1 fully saturated rings. The van der Waals surface area contributed by atoms with Crippen LogP contribution in [0.15, 0.2) is 18.3 Å². The fraction of sp³-hybridized carbons (Fsp3) is 0.706. The second-order valence-corrected chi connectivity index (χ2v) is 7.23. The van der Waals surface area contributed by atoms with E-state index in [1.807, 2.05) is 6.20 Å². The highest BCUT2D eigenvalue weighted by Crippen LogP contribution is 2.48. The first-order valence-corrected chi connectivity index (χ1v) is 8.03. The lowest BCUT2D eigenvalue weighted by Crippen LogP contribution is -2.49. The molecule has 1 aromatic rings. The molecule has 0 aromatic carbocycles. The van der Waals surface area contributed by atoms with E-state index < -0.39 is 0 Å². The number of hydrogen-bond acceptors (Lipinski definition) is 3. The minimum atomic E-state index is 0.362. The van der Waals surface area contributed by atoms with Crippen LogP contribution in [-0.4, -0.2) is 11.0 Å². The highest BCUT2D eigenvalue weighted by atomic mass is 15.2. The maximum absolute atomic E-state index is 5.98. The highest BCUT2D eigenvalue weighted by Gasteiger charge is 2.43. The third kappa shape index (κ3) is 2.38. The van der Waals surface area contributed by atoms with Gasteiger partial charge in [-0.3, -0.25) is 16.3 Å². The van der Waals surface area contributed by atoms with Crippen LogP contribution in [0.2, 0.25) is 0 Å². The molecule has 1 heterocycles. The molecule has 0 spiro atoms. The highest BCUT2D eigenvalue weighted by molar-refractivity contribution is 5.28. The molecule has 110 valence electrons. The van der Waals surface area contributed by atoms with Crippen LogP contribution < -0.4 is 11.3 Å². The van der Waals surface area contributed by atoms with E-state index in [0.717, 1.165) is 0 Å². The van der Waals surface area contributed by atoms with Crippen LogP contribution in [0.25, 0.3) is 0 Å². The molecule has 3 rings (SSSR count). The number of hydrogen-bond donors (Lipinski definition) is 2. The van der Waals surface area contributed by atoms with Crippen molar-refractivity contribution in [1.82, 2.24) is 10.4 Å². The Labute approximate surface area is 122 Å². The zero-order valence-corrected chi connectivity index (χ0v) is 12.7. The Balaban J connectivity index is 1.91. The van der Waals surface area contributed by atoms with Gasteiger partial charge in [0.25, 0.3) is 0 Å². The Morgan fingerprint density at radius 2 is 2.20 bits per heavy atom. The quantitative estimate of drug-likeness (QED) is 0.657. The molecule has 3 atom stereocenters. The van der Waals surface area contributed by atoms with Crippen molar-refractivity contribution in [3.63, 3.8) is 0 Å². The first-order chi connectivity index (χ1) is 9.63. The average Bonchev–Trinajstić information content (AvgIpc) is 2.80. The van der Waals surface area contributed by atoms with Crippen molar-refractivity contribution >= 4 is 0 Å². The van der Waals surface area contributed by atoms with Crippen molar-refractivity contribution in [3.8, 4) is 0 Å². The van der Waals surface area contributed by atoms with Crippen molar-refractivity contribution in [1.29, 1.82) is 0 Å². The fourth-order valence-corrected chi connectivity index (χ4v) is 4.53. The third-order valence-corrected chi connectivity index (χ3v) is 5.64. The van der Waals surface area contributed by atoms with E-state index in [2.05, 4.69) is 31.4 Å². The smallest absolute Gasteiger partial charge is 0.0482 e. The van der Waals surface area contributed by atoms with Gasteiger partial charge >= 0.3 is 0 Å². The fourth-order valence-electron chi connectivity index (χ4n) is 4.53. The molecule has 3 N–H and O–H groups in total. The maximum Gasteiger partial charge on any atom is 0.0482 e. The minimum Gasteiger partial charge on any atom is -0.271 e. The van der Waals surface area contributed by atoms with Crippen molar-refractivity contribution < 1.29 is 0 Å². The van der Waals surface area contributed by atoms with Gasteiger partial charge in [0.15, 0.2) is 0 Å². The first-order valence-electron chi connectivity index (χ1n) is 8.03. The number of hydrazine groups is 1. The number of aromatic nitrogens is 1. The molecule has 2 aliphatic rings. The van der Waals surface area contributed by atoms with Crippen LogP contribution in [0.1, 0.15) is 63.1 Å². The molecular formula is C17H27N3. The lowest BCUT2D eigenvalue weighted by molar-refractivity contribution is 0.169. The molecule has 0 radical (unpaired) electrons. The van der Waals surface area contributed by atoms with Crippen molar-refractivity contribution in [2.75, 3.05) is 0 Å². The Morgan fingerprint density at radius 3 is 2.90 bits per heavy atom. The minimum absolute atomic E-state index is 0.362. The monoisotopic (exact) mass is 273 g/mol. The van der Waals surface area contributed by atoms with Gasteiger partial charge in [0.2, 0.25) is 0 Å². The molecule has 3 unspecified atom stereocenters. The summed E-state index contributed by atoms with van der Waals surface area (Å²) >= 11 is 0. The van der Waals surface area contributed by atoms with E-state index >= 15 is 0 Å². The summed E-state index contributed by atoms with van der Waals surface area (Å²) in [7, 11) is 0. The first kappa shape index (κ1) is 14.0. The van der Waals surface area contributed by atoms with Gasteiger partial charge < -0.3 is 0 Å². The summed E-state index contributed by atoms with van der Waals surface area (Å²) in [5.41, 5.74) is 6.29. The van der Waals surface area contributed by atoms with Crippen molar-refractivity contribution in [2.45, 2.75) is 64.3 Å². The van der Waals surface area contributed by atoms with Gasteiger partial charge in [0, 0.05) is 23.9 Å². The SMILES string of the molecule is CC1(C)CCCC1C(NN)C1CCCc2cccnc21. The molecule has 0 aliphatic heterocycles. The second kappa shape index (κ2) is 5.45. The number of nitrogens with two attached hydrogens (primary N) is 1. The van der Waals surface area contributed by atoms with Gasteiger partial charge in [-0.05, 0) is 55.1 Å². The van der Waals surface area contributed by atoms with Crippen LogP contribution in [0, 0.1) is 11.3 Å². The molecule has 0 bridgehead atoms. The molecule has 3 nitrogen and oxygen atoms in total. The van der Waals surface area contributed by atoms with Crippen LogP contribution in [0.4, 0.5) is 0 Å². The van der Waals surface area contributed by atoms with E-state index in [1.54, 1.807) is 0 Å². The second-order valence-electron chi connectivity index (χ2n) is 7.23. The van der Waals surface area contributed by atoms with Crippen molar-refractivity contribution in [3.05, 3.63) is 29.6 Å². The Hall–Kier alpha value is -0.930. The number of pyridine rings is 1. The van der Waals surface area contributed by atoms with E-state index in [-0.39, 0.29) is 0 Å². The molecule has 1 aromatic heterocycles. The molecular weight excluding hydrogens is 246 g/mol. The van der Waals surface area contributed by atoms with E-state index in [9.17, 15) is 0 Å². The van der Waals surface area contributed by atoms with Crippen LogP contribution in [0.5, 0.6) is 0 Å². The summed E-state index contributed by atoms with van der Waals surface area (Å²) < 4.78 is 0. The standard InChI is InChI=1S/C17H27N3/c1-17(2)10-4-9-14(17)16(20-18)13-8-3-6-12-7-5-11-19-15(12)13/h5,7,11,13-14,16,20H,3-4,6,8-10,18H2,1-2H3. The predicted octanol–water partition coefficient (Wildman–Crippen LogP) is 3.16. The maximum atomic E-state index is 5.98. The predicted molar refractivity (Wildman–Crippen MR) is 82.1 cm³/mol. The zero-order chi connectivity index (χ0) is 14.2. The van der Waals surface area contributed by atoms with Crippen molar-refractivity contribution in [2.24, 2.45) is 17.2 Å². The third-order valence-electron chi connectivity index (χ3n) is 5.64. The normalized spacial score (nSPS) is 29.9. The zero-order valence-electron chi connectivity index (χ0n) is 12.7. The molecule has 0 saturated heterocycles. The summed E-state index contributed by atoms with van der Waals surface area (Å²) in [5, 5.41) is 0. The molecule has 3 heteroatoms. The number of nitrogens with one attached hydrogen (secondary N) is 1. The molecule has 2 aliphatic carbocycles. The lowest BCUT2D eigenvalue weighted by Gasteiger charge is -2.40. The van der Waals surface area contributed by atoms with Gasteiger partial charge in [-0.2, -0.15) is 0 Å². The largest absolute Gasteiger partial charge is 0.271 e. The van der Waals surface area contributed by atoms with Gasteiger partial charge in [-0.15, -0.1) is 0 Å². The van der Waals surface area contributed by atoms with E-state index in [1.165, 1.54) is 49.8 Å². The summed E-state index contributed by atoms with van der Waals surface area (Å²) in [6.45, 7) is 4.80. The van der Waals surface area contributed by atoms with E-state index in [0.29, 0.717) is 23.3 Å². The summed E-state index contributed by atoms with van der Waals surface area (Å²) in [6.07, 6.45) is 9.52. The number of fused-ring (bicyclic) bond motifs is 1. The lowest BCUT2D eigenvalue weighted by atomic mass is 9.70. The number of nitrogens with zero attached hydrogens (tertiary/aromatic N) is 1. The Bertz CT molecular complexity index is 469. The summed E-state index contributed by atoms with van der Waals surface area (Å²) in [5.74, 6) is 7.12. The number of aryl methyl sites for hydroxylation is 1. The topological polar surface area (TPSA) is 50.9 Å². The molecule has 1 saturated carbocycles. The van der Waals surface area contributed by atoms with Gasteiger partial charge in [-0.25, -0.2) is 0 Å². The summed E-state index contributed by atoms with van der Waals surface area (Å²) in [6, 6.07) is 4.66. The number of rotatable bonds is 3. The van der Waals surface area contributed by atoms with Gasteiger partial charge in [0.1, 0.15) is 0 Å².